The number of allylic oxidation sites excluding steroid dienone is 1. The van der Waals surface area contributed by atoms with E-state index in [0.717, 1.165) is 25.7 Å². The minimum atomic E-state index is -0.797. The Morgan fingerprint density at radius 2 is 1.60 bits per heavy atom. The SMILES string of the molecule is CCCCCCCCCCCCC/C=C1/CC[C@@H]2CCC(=O)O[C@H]2[C@@H]1SCC(=O)O. The number of esters is 1. The summed E-state index contributed by atoms with van der Waals surface area (Å²) in [7, 11) is 0. The molecular formula is C25H42O4S. The molecule has 2 aliphatic rings. The fourth-order valence-electron chi connectivity index (χ4n) is 4.77. The van der Waals surface area contributed by atoms with Crippen LogP contribution in [0.25, 0.3) is 0 Å². The summed E-state index contributed by atoms with van der Waals surface area (Å²) in [5, 5.41) is 9.14. The molecule has 2 fully saturated rings. The van der Waals surface area contributed by atoms with Crippen LogP contribution in [0.5, 0.6) is 0 Å². The van der Waals surface area contributed by atoms with Crippen LogP contribution in [-0.2, 0) is 14.3 Å². The Balaban J connectivity index is 1.67. The number of carboxylic acids is 1. The number of fused-ring (bicyclic) bond motifs is 1. The third kappa shape index (κ3) is 9.45. The minimum Gasteiger partial charge on any atom is -0.481 e. The lowest BCUT2D eigenvalue weighted by atomic mass is 9.78. The molecule has 1 aliphatic heterocycles. The Morgan fingerprint density at radius 3 is 2.23 bits per heavy atom. The number of rotatable bonds is 15. The lowest BCUT2D eigenvalue weighted by Gasteiger charge is -2.41. The quantitative estimate of drug-likeness (QED) is 0.171. The summed E-state index contributed by atoms with van der Waals surface area (Å²) in [6.45, 7) is 2.26. The third-order valence-electron chi connectivity index (χ3n) is 6.52. The Bertz CT molecular complexity index is 545. The van der Waals surface area contributed by atoms with Crippen LogP contribution in [0.15, 0.2) is 11.6 Å². The third-order valence-corrected chi connectivity index (χ3v) is 7.86. The van der Waals surface area contributed by atoms with Crippen molar-refractivity contribution >= 4 is 23.7 Å². The summed E-state index contributed by atoms with van der Waals surface area (Å²) in [5.41, 5.74) is 1.31. The fourth-order valence-corrected chi connectivity index (χ4v) is 5.99. The van der Waals surface area contributed by atoms with Crippen molar-refractivity contribution in [2.45, 2.75) is 121 Å². The summed E-state index contributed by atoms with van der Waals surface area (Å²) >= 11 is 1.44. The number of carbonyl (C=O) groups is 2. The van der Waals surface area contributed by atoms with E-state index in [4.69, 9.17) is 9.84 Å². The molecule has 1 N–H and O–H groups in total. The van der Waals surface area contributed by atoms with Gasteiger partial charge in [-0.15, -0.1) is 11.8 Å². The van der Waals surface area contributed by atoms with Gasteiger partial charge in [-0.2, -0.15) is 0 Å². The summed E-state index contributed by atoms with van der Waals surface area (Å²) in [6, 6.07) is 0. The average Bonchev–Trinajstić information content (AvgIpc) is 2.73. The van der Waals surface area contributed by atoms with Crippen molar-refractivity contribution in [3.63, 3.8) is 0 Å². The minimum absolute atomic E-state index is 0.0248. The Kier molecular flexibility index (Phi) is 12.6. The topological polar surface area (TPSA) is 63.6 Å². The number of ether oxygens (including phenoxy) is 1. The lowest BCUT2D eigenvalue weighted by molar-refractivity contribution is -0.158. The molecule has 0 aromatic rings. The van der Waals surface area contributed by atoms with Crippen molar-refractivity contribution in [3.05, 3.63) is 11.6 Å². The van der Waals surface area contributed by atoms with Gasteiger partial charge in [0.25, 0.3) is 0 Å². The average molecular weight is 439 g/mol. The van der Waals surface area contributed by atoms with Crippen LogP contribution in [0.1, 0.15) is 110 Å². The molecule has 0 bridgehead atoms. The molecule has 30 heavy (non-hydrogen) atoms. The van der Waals surface area contributed by atoms with Gasteiger partial charge in [0.2, 0.25) is 0 Å². The second-order valence-electron chi connectivity index (χ2n) is 9.02. The number of thioether (sulfide) groups is 1. The van der Waals surface area contributed by atoms with E-state index < -0.39 is 5.97 Å². The Hall–Kier alpha value is -0.970. The molecule has 172 valence electrons. The first-order valence-electron chi connectivity index (χ1n) is 12.3. The van der Waals surface area contributed by atoms with E-state index in [1.807, 2.05) is 0 Å². The van der Waals surface area contributed by atoms with E-state index >= 15 is 0 Å². The number of carbonyl (C=O) groups excluding carboxylic acids is 1. The zero-order chi connectivity index (χ0) is 21.6. The van der Waals surface area contributed by atoms with E-state index in [1.54, 1.807) is 0 Å². The van der Waals surface area contributed by atoms with Crippen LogP contribution in [0.3, 0.4) is 0 Å². The first-order chi connectivity index (χ1) is 14.6. The van der Waals surface area contributed by atoms with Gasteiger partial charge < -0.3 is 9.84 Å². The summed E-state index contributed by atoms with van der Waals surface area (Å²) < 4.78 is 5.69. The molecule has 2 rings (SSSR count). The number of hydrogen-bond acceptors (Lipinski definition) is 4. The molecule has 0 aromatic heterocycles. The molecule has 5 heteroatoms. The lowest BCUT2D eigenvalue weighted by Crippen LogP contribution is -2.44. The van der Waals surface area contributed by atoms with Crippen LogP contribution in [0.4, 0.5) is 0 Å². The second kappa shape index (κ2) is 14.9. The van der Waals surface area contributed by atoms with E-state index in [9.17, 15) is 9.59 Å². The van der Waals surface area contributed by atoms with E-state index in [0.29, 0.717) is 12.3 Å². The van der Waals surface area contributed by atoms with E-state index in [2.05, 4.69) is 13.0 Å². The zero-order valence-corrected chi connectivity index (χ0v) is 19.7. The van der Waals surface area contributed by atoms with Gasteiger partial charge in [-0.3, -0.25) is 9.59 Å². The summed E-state index contributed by atoms with van der Waals surface area (Å²) in [4.78, 5) is 22.9. The van der Waals surface area contributed by atoms with Gasteiger partial charge in [0, 0.05) is 6.42 Å². The van der Waals surface area contributed by atoms with Gasteiger partial charge >= 0.3 is 11.9 Å². The second-order valence-corrected chi connectivity index (χ2v) is 10.2. The first-order valence-corrected chi connectivity index (χ1v) is 13.4. The maximum atomic E-state index is 11.8. The Labute approximate surface area is 187 Å². The number of hydrogen-bond donors (Lipinski definition) is 1. The highest BCUT2D eigenvalue weighted by atomic mass is 32.2. The molecule has 0 spiro atoms. The normalized spacial score (nSPS) is 25.2. The van der Waals surface area contributed by atoms with Gasteiger partial charge in [-0.25, -0.2) is 0 Å². The van der Waals surface area contributed by atoms with Gasteiger partial charge in [0.05, 0.1) is 11.0 Å². The molecule has 0 radical (unpaired) electrons. The van der Waals surface area contributed by atoms with E-state index in [-0.39, 0.29) is 23.1 Å². The molecule has 4 nitrogen and oxygen atoms in total. The van der Waals surface area contributed by atoms with Crippen molar-refractivity contribution in [1.29, 1.82) is 0 Å². The predicted molar refractivity (Wildman–Crippen MR) is 125 cm³/mol. The fraction of sp³-hybridized carbons (Fsp3) is 0.840. The zero-order valence-electron chi connectivity index (χ0n) is 18.9. The maximum Gasteiger partial charge on any atom is 0.313 e. The smallest absolute Gasteiger partial charge is 0.313 e. The molecule has 0 unspecified atom stereocenters. The van der Waals surface area contributed by atoms with Crippen LogP contribution in [0, 0.1) is 5.92 Å². The molecule has 1 heterocycles. The van der Waals surface area contributed by atoms with Crippen LogP contribution < -0.4 is 0 Å². The van der Waals surface area contributed by atoms with Gasteiger partial charge in [-0.1, -0.05) is 82.8 Å². The highest BCUT2D eigenvalue weighted by Crippen LogP contribution is 2.42. The molecule has 3 atom stereocenters. The number of carboxylic acid groups (broad SMARTS) is 1. The molecule has 1 saturated carbocycles. The van der Waals surface area contributed by atoms with Gasteiger partial charge in [0.1, 0.15) is 6.10 Å². The van der Waals surface area contributed by atoms with Crippen molar-refractivity contribution in [3.8, 4) is 0 Å². The van der Waals surface area contributed by atoms with Crippen molar-refractivity contribution < 1.29 is 19.4 Å². The van der Waals surface area contributed by atoms with Gasteiger partial charge in [0.15, 0.2) is 0 Å². The van der Waals surface area contributed by atoms with E-state index in [1.165, 1.54) is 88.0 Å². The van der Waals surface area contributed by atoms with Crippen molar-refractivity contribution in [2.24, 2.45) is 5.92 Å². The van der Waals surface area contributed by atoms with Crippen LogP contribution in [-0.4, -0.2) is 34.2 Å². The molecular weight excluding hydrogens is 396 g/mol. The molecule has 0 amide bonds. The van der Waals surface area contributed by atoms with Crippen LogP contribution in [0.2, 0.25) is 0 Å². The van der Waals surface area contributed by atoms with Gasteiger partial charge in [-0.05, 0) is 38.0 Å². The number of aliphatic carboxylic acids is 1. The molecule has 1 aliphatic carbocycles. The largest absolute Gasteiger partial charge is 0.481 e. The summed E-state index contributed by atoms with van der Waals surface area (Å²) in [6.07, 6.45) is 21.5. The molecule has 0 aromatic carbocycles. The van der Waals surface area contributed by atoms with Crippen molar-refractivity contribution in [1.82, 2.24) is 0 Å². The predicted octanol–water partition coefficient (Wildman–Crippen LogP) is 6.92. The van der Waals surface area contributed by atoms with Crippen LogP contribution >= 0.6 is 11.8 Å². The maximum absolute atomic E-state index is 11.8. The Morgan fingerprint density at radius 1 is 1.00 bits per heavy atom. The van der Waals surface area contributed by atoms with Crippen molar-refractivity contribution in [2.75, 3.05) is 5.75 Å². The number of unbranched alkanes of at least 4 members (excludes halogenated alkanes) is 11. The first kappa shape index (κ1) is 25.3. The highest BCUT2D eigenvalue weighted by molar-refractivity contribution is 8.00. The highest BCUT2D eigenvalue weighted by Gasteiger charge is 2.41. The monoisotopic (exact) mass is 438 g/mol. The standard InChI is InChI=1S/C25H42O4S/c1-2-3-4-5-6-7-8-9-10-11-12-13-14-21-16-15-20-17-18-23(28)29-24(20)25(21)30-19-22(26)27/h14,20,24-25H,2-13,15-19H2,1H3,(H,26,27)/b21-14-/t20-,24-,25-/m1/s1. The summed E-state index contributed by atoms with van der Waals surface area (Å²) in [5.74, 6) is -0.452. The molecule has 1 saturated heterocycles.